The van der Waals surface area contributed by atoms with Gasteiger partial charge in [0, 0.05) is 44.2 Å². The second kappa shape index (κ2) is 9.72. The summed E-state index contributed by atoms with van der Waals surface area (Å²) in [5, 5.41) is 2.88. The van der Waals surface area contributed by atoms with E-state index in [-0.39, 0.29) is 22.4 Å². The lowest BCUT2D eigenvalue weighted by Crippen LogP contribution is -2.35. The van der Waals surface area contributed by atoms with Crippen LogP contribution in [0.3, 0.4) is 0 Å². The van der Waals surface area contributed by atoms with Crippen LogP contribution in [0, 0.1) is 0 Å². The fraction of sp³-hybridized carbons (Fsp3) is 0.429. The minimum atomic E-state index is -3.48. The van der Waals surface area contributed by atoms with Crippen molar-refractivity contribution in [3.8, 4) is 0 Å². The molecule has 2 aromatic rings. The lowest BCUT2D eigenvalue weighted by molar-refractivity contribution is -0.128. The normalized spacial score (nSPS) is 15.0. The van der Waals surface area contributed by atoms with Crippen LogP contribution in [0.4, 0.5) is 5.69 Å². The van der Waals surface area contributed by atoms with Crippen molar-refractivity contribution in [2.24, 2.45) is 0 Å². The molecule has 3 rings (SSSR count). The van der Waals surface area contributed by atoms with E-state index in [4.69, 9.17) is 0 Å². The summed E-state index contributed by atoms with van der Waals surface area (Å²) < 4.78 is 27.4. The third-order valence-corrected chi connectivity index (χ3v) is 8.57. The van der Waals surface area contributed by atoms with Crippen molar-refractivity contribution in [2.45, 2.75) is 43.4 Å². The molecule has 2 heterocycles. The fourth-order valence-electron chi connectivity index (χ4n) is 3.32. The largest absolute Gasteiger partial charge is 0.342 e. The average Bonchev–Trinajstić information content (AvgIpc) is 3.19. The van der Waals surface area contributed by atoms with Crippen LogP contribution in [0.15, 0.2) is 40.6 Å². The number of nitrogens with one attached hydrogen (secondary N) is 1. The molecule has 0 aliphatic carbocycles. The number of amides is 2. The molecular weight excluding hydrogens is 422 g/mol. The Hall–Kier alpha value is -2.23. The summed E-state index contributed by atoms with van der Waals surface area (Å²) in [5.74, 6) is -0.283. The molecule has 1 aromatic heterocycles. The van der Waals surface area contributed by atoms with Crippen molar-refractivity contribution in [1.82, 2.24) is 9.21 Å². The molecule has 1 aliphatic heterocycles. The lowest BCUT2D eigenvalue weighted by Gasteiger charge is -2.25. The van der Waals surface area contributed by atoms with Gasteiger partial charge in [-0.1, -0.05) is 24.6 Å². The predicted octanol–water partition coefficient (Wildman–Crippen LogP) is 3.08. The van der Waals surface area contributed by atoms with Crippen LogP contribution in [-0.4, -0.2) is 49.6 Å². The smallest absolute Gasteiger partial charge is 0.252 e. The molecule has 0 spiro atoms. The molecule has 1 N–H and O–H groups in total. The second-order valence-electron chi connectivity index (χ2n) is 7.44. The van der Waals surface area contributed by atoms with Crippen LogP contribution in [0.1, 0.15) is 36.6 Å². The maximum atomic E-state index is 12.8. The van der Waals surface area contributed by atoms with Gasteiger partial charge < -0.3 is 10.2 Å². The summed E-state index contributed by atoms with van der Waals surface area (Å²) in [7, 11) is -1.78. The number of hydrogen-bond acceptors (Lipinski definition) is 5. The molecule has 0 saturated carbocycles. The molecule has 30 heavy (non-hydrogen) atoms. The Morgan fingerprint density at radius 1 is 1.10 bits per heavy atom. The Morgan fingerprint density at radius 2 is 1.80 bits per heavy atom. The minimum absolute atomic E-state index is 0.0582. The zero-order chi connectivity index (χ0) is 21.7. The van der Waals surface area contributed by atoms with Crippen molar-refractivity contribution < 1.29 is 18.0 Å². The second-order valence-corrected chi connectivity index (χ2v) is 10.8. The highest BCUT2D eigenvalue weighted by atomic mass is 32.2. The first-order valence-electron chi connectivity index (χ1n) is 9.95. The first-order chi connectivity index (χ1) is 14.3. The molecule has 1 aliphatic rings. The Labute approximate surface area is 181 Å². The van der Waals surface area contributed by atoms with E-state index in [1.807, 2.05) is 18.2 Å². The van der Waals surface area contributed by atoms with Crippen LogP contribution in [0.25, 0.3) is 0 Å². The maximum absolute atomic E-state index is 12.8. The highest BCUT2D eigenvalue weighted by Crippen LogP contribution is 2.27. The molecule has 0 bridgehead atoms. The van der Waals surface area contributed by atoms with E-state index in [0.29, 0.717) is 30.2 Å². The number of carbonyl (C=O) groups excluding carboxylic acids is 2. The minimum Gasteiger partial charge on any atom is -0.342 e. The number of para-hydroxylation sites is 1. The summed E-state index contributed by atoms with van der Waals surface area (Å²) in [6.45, 7) is 3.00. The highest BCUT2D eigenvalue weighted by molar-refractivity contribution is 7.91. The van der Waals surface area contributed by atoms with Gasteiger partial charge >= 0.3 is 0 Å². The van der Waals surface area contributed by atoms with Gasteiger partial charge in [0.2, 0.25) is 11.8 Å². The van der Waals surface area contributed by atoms with Gasteiger partial charge in [-0.05, 0) is 36.6 Å². The van der Waals surface area contributed by atoms with Crippen LogP contribution in [-0.2, 0) is 32.6 Å². The van der Waals surface area contributed by atoms with Gasteiger partial charge in [0.1, 0.15) is 4.21 Å². The number of carbonyl (C=O) groups is 2. The highest BCUT2D eigenvalue weighted by Gasteiger charge is 2.27. The van der Waals surface area contributed by atoms with Gasteiger partial charge in [-0.25, -0.2) is 8.42 Å². The van der Waals surface area contributed by atoms with E-state index in [1.165, 1.54) is 11.2 Å². The van der Waals surface area contributed by atoms with Gasteiger partial charge in [0.25, 0.3) is 10.0 Å². The molecular formula is C21H27N3O4S2. The topological polar surface area (TPSA) is 86.8 Å². The third kappa shape index (κ3) is 5.47. The van der Waals surface area contributed by atoms with Gasteiger partial charge in [0.15, 0.2) is 0 Å². The van der Waals surface area contributed by atoms with E-state index in [2.05, 4.69) is 5.32 Å². The van der Waals surface area contributed by atoms with Crippen molar-refractivity contribution in [3.63, 3.8) is 0 Å². The summed E-state index contributed by atoms with van der Waals surface area (Å²) in [6, 6.07) is 10.6. The monoisotopic (exact) mass is 449 g/mol. The van der Waals surface area contributed by atoms with Gasteiger partial charge in [-0.3, -0.25) is 9.59 Å². The van der Waals surface area contributed by atoms with Gasteiger partial charge in [-0.2, -0.15) is 4.31 Å². The molecule has 162 valence electrons. The number of thiophene rings is 1. The number of rotatable bonds is 7. The quantitative estimate of drug-likeness (QED) is 0.704. The summed E-state index contributed by atoms with van der Waals surface area (Å²) in [5.41, 5.74) is 1.48. The number of sulfonamides is 1. The Bertz CT molecular complexity index is 1010. The van der Waals surface area contributed by atoms with Crippen LogP contribution in [0.5, 0.6) is 0 Å². The first kappa shape index (κ1) is 22.5. The number of benzene rings is 1. The fourth-order valence-corrected chi connectivity index (χ4v) is 6.35. The van der Waals surface area contributed by atoms with Crippen molar-refractivity contribution in [1.29, 1.82) is 0 Å². The Kier molecular flexibility index (Phi) is 7.27. The molecule has 0 atom stereocenters. The predicted molar refractivity (Wildman–Crippen MR) is 118 cm³/mol. The Morgan fingerprint density at radius 3 is 2.50 bits per heavy atom. The molecule has 7 nitrogen and oxygen atoms in total. The van der Waals surface area contributed by atoms with Crippen molar-refractivity contribution in [3.05, 3.63) is 46.8 Å². The van der Waals surface area contributed by atoms with Crippen LogP contribution >= 0.6 is 11.3 Å². The standard InChI is InChI=1S/C21H27N3O4S2/c1-16(25)23(2)15-17-8-4-5-9-19(17)22-20(26)14-18-10-11-21(29-18)30(27,28)24-12-6-3-7-13-24/h4-5,8-11H,3,6-7,12-15H2,1-2H3,(H,22,26). The van der Waals surface area contributed by atoms with Crippen LogP contribution < -0.4 is 5.32 Å². The molecule has 1 aromatic carbocycles. The Balaban J connectivity index is 1.66. The SMILES string of the molecule is CC(=O)N(C)Cc1ccccc1NC(=O)Cc1ccc(S(=O)(=O)N2CCCCC2)s1. The number of anilines is 1. The van der Waals surface area contributed by atoms with E-state index < -0.39 is 10.0 Å². The van der Waals surface area contributed by atoms with Gasteiger partial charge in [0.05, 0.1) is 6.42 Å². The van der Waals surface area contributed by atoms with E-state index in [9.17, 15) is 18.0 Å². The molecule has 1 fully saturated rings. The number of piperidine rings is 1. The summed E-state index contributed by atoms with van der Waals surface area (Å²) in [4.78, 5) is 26.3. The van der Waals surface area contributed by atoms with E-state index >= 15 is 0 Å². The van der Waals surface area contributed by atoms with E-state index in [0.717, 1.165) is 36.2 Å². The molecule has 1 saturated heterocycles. The molecule has 0 unspecified atom stereocenters. The zero-order valence-electron chi connectivity index (χ0n) is 17.3. The number of hydrogen-bond donors (Lipinski definition) is 1. The third-order valence-electron chi connectivity index (χ3n) is 5.12. The van der Waals surface area contributed by atoms with Crippen molar-refractivity contribution >= 4 is 38.9 Å². The van der Waals surface area contributed by atoms with Gasteiger partial charge in [-0.15, -0.1) is 11.3 Å². The summed E-state index contributed by atoms with van der Waals surface area (Å²) >= 11 is 1.15. The maximum Gasteiger partial charge on any atom is 0.252 e. The average molecular weight is 450 g/mol. The van der Waals surface area contributed by atoms with Crippen molar-refractivity contribution in [2.75, 3.05) is 25.5 Å². The molecule has 0 radical (unpaired) electrons. The lowest BCUT2D eigenvalue weighted by atomic mass is 10.1. The van der Waals surface area contributed by atoms with E-state index in [1.54, 1.807) is 30.1 Å². The van der Waals surface area contributed by atoms with Crippen LogP contribution in [0.2, 0.25) is 0 Å². The molecule has 9 heteroatoms. The zero-order valence-corrected chi connectivity index (χ0v) is 18.9. The molecule has 2 amide bonds. The summed E-state index contributed by atoms with van der Waals surface area (Å²) in [6.07, 6.45) is 2.93. The number of nitrogens with zero attached hydrogens (tertiary/aromatic N) is 2. The first-order valence-corrected chi connectivity index (χ1v) is 12.2.